The van der Waals surface area contributed by atoms with Crippen LogP contribution in [-0.2, 0) is 9.59 Å². The van der Waals surface area contributed by atoms with Crippen molar-refractivity contribution in [2.75, 3.05) is 18.5 Å². The number of nitrogens with zero attached hydrogens (tertiary/aromatic N) is 1. The molecule has 1 aliphatic carbocycles. The van der Waals surface area contributed by atoms with Crippen LogP contribution in [0.3, 0.4) is 0 Å². The summed E-state index contributed by atoms with van der Waals surface area (Å²) in [4.78, 5) is 26.5. The summed E-state index contributed by atoms with van der Waals surface area (Å²) in [6, 6.07) is 11.1. The zero-order valence-electron chi connectivity index (χ0n) is 15.8. The number of esters is 1. The third-order valence-electron chi connectivity index (χ3n) is 4.56. The van der Waals surface area contributed by atoms with Crippen LogP contribution in [0.2, 0.25) is 0 Å². The predicted octanol–water partition coefficient (Wildman–Crippen LogP) is 3.47. The number of hydrogen-bond donors (Lipinski definition) is 2. The van der Waals surface area contributed by atoms with Crippen molar-refractivity contribution in [3.63, 3.8) is 0 Å². The van der Waals surface area contributed by atoms with Crippen molar-refractivity contribution in [3.8, 4) is 11.5 Å². The molecule has 0 amide bonds. The van der Waals surface area contributed by atoms with Crippen LogP contribution in [0.1, 0.15) is 37.7 Å². The van der Waals surface area contributed by atoms with Gasteiger partial charge in [-0.25, -0.2) is 4.98 Å². The molecule has 2 N–H and O–H groups in total. The Bertz CT molecular complexity index is 825. The Hall–Kier alpha value is -3.09. The average molecular weight is 384 g/mol. The van der Waals surface area contributed by atoms with Gasteiger partial charge in [0.15, 0.2) is 0 Å². The number of rotatable bonds is 10. The first kappa shape index (κ1) is 19.7. The average Bonchev–Trinajstić information content (AvgIpc) is 3.40. The van der Waals surface area contributed by atoms with Crippen LogP contribution in [0.25, 0.3) is 0 Å². The van der Waals surface area contributed by atoms with Gasteiger partial charge >= 0.3 is 11.9 Å². The van der Waals surface area contributed by atoms with E-state index in [2.05, 4.69) is 10.3 Å². The predicted molar refractivity (Wildman–Crippen MR) is 104 cm³/mol. The van der Waals surface area contributed by atoms with E-state index in [4.69, 9.17) is 14.6 Å². The van der Waals surface area contributed by atoms with Gasteiger partial charge in [-0.15, -0.1) is 0 Å². The lowest BCUT2D eigenvalue weighted by atomic mass is 10.1. The van der Waals surface area contributed by atoms with E-state index >= 15 is 0 Å². The minimum Gasteiger partial charge on any atom is -0.493 e. The molecule has 148 valence electrons. The Morgan fingerprint density at radius 3 is 2.86 bits per heavy atom. The molecule has 28 heavy (non-hydrogen) atoms. The van der Waals surface area contributed by atoms with Gasteiger partial charge in [-0.05, 0) is 48.4 Å². The maximum Gasteiger partial charge on any atom is 0.308 e. The molecule has 1 heterocycles. The molecule has 2 unspecified atom stereocenters. The van der Waals surface area contributed by atoms with E-state index in [-0.39, 0.29) is 18.3 Å². The molecular weight excluding hydrogens is 360 g/mol. The molecule has 1 fully saturated rings. The van der Waals surface area contributed by atoms with Crippen molar-refractivity contribution >= 4 is 17.8 Å². The number of carbonyl (C=O) groups excluding carboxylic acids is 1. The topological polar surface area (TPSA) is 97.8 Å². The van der Waals surface area contributed by atoms with E-state index in [9.17, 15) is 9.59 Å². The molecular formula is C21H24N2O5. The number of nitrogens with one attached hydrogen (secondary N) is 1. The molecule has 7 nitrogen and oxygen atoms in total. The fourth-order valence-electron chi connectivity index (χ4n) is 3.18. The smallest absolute Gasteiger partial charge is 0.308 e. The second-order valence-corrected chi connectivity index (χ2v) is 6.84. The van der Waals surface area contributed by atoms with E-state index in [1.807, 2.05) is 30.3 Å². The van der Waals surface area contributed by atoms with Gasteiger partial charge in [0.05, 0.1) is 6.61 Å². The third kappa shape index (κ3) is 5.70. The normalized spacial score (nSPS) is 17.6. The van der Waals surface area contributed by atoms with Gasteiger partial charge in [-0.2, -0.15) is 0 Å². The molecule has 0 radical (unpaired) electrons. The highest BCUT2D eigenvalue weighted by atomic mass is 16.5. The summed E-state index contributed by atoms with van der Waals surface area (Å²) in [6.45, 7) is 2.58. The molecule has 7 heteroatoms. The molecule has 1 aliphatic rings. The second-order valence-electron chi connectivity index (χ2n) is 6.84. The maximum absolute atomic E-state index is 11.4. The van der Waals surface area contributed by atoms with Crippen molar-refractivity contribution in [2.24, 2.45) is 5.92 Å². The van der Waals surface area contributed by atoms with Crippen LogP contribution in [0.5, 0.6) is 11.5 Å². The number of hydrogen-bond acceptors (Lipinski definition) is 6. The van der Waals surface area contributed by atoms with Gasteiger partial charge in [0.1, 0.15) is 17.3 Å². The quantitative estimate of drug-likeness (QED) is 0.368. The molecule has 2 atom stereocenters. The summed E-state index contributed by atoms with van der Waals surface area (Å²) < 4.78 is 11.1. The van der Waals surface area contributed by atoms with E-state index < -0.39 is 11.9 Å². The third-order valence-corrected chi connectivity index (χ3v) is 4.56. The summed E-state index contributed by atoms with van der Waals surface area (Å²) >= 11 is 0. The molecule has 0 spiro atoms. The number of carboxylic acids is 1. The van der Waals surface area contributed by atoms with E-state index in [0.29, 0.717) is 18.1 Å². The molecule has 1 aromatic heterocycles. The zero-order chi connectivity index (χ0) is 19.9. The van der Waals surface area contributed by atoms with Crippen LogP contribution in [0.4, 0.5) is 5.82 Å². The number of benzene rings is 1. The maximum atomic E-state index is 11.4. The number of pyridine rings is 1. The van der Waals surface area contributed by atoms with Crippen LogP contribution in [-0.4, -0.2) is 35.2 Å². The molecule has 1 saturated carbocycles. The molecule has 3 rings (SSSR count). The highest BCUT2D eigenvalue weighted by Gasteiger charge is 2.41. The van der Waals surface area contributed by atoms with E-state index in [0.717, 1.165) is 30.8 Å². The highest BCUT2D eigenvalue weighted by molar-refractivity contribution is 5.71. The van der Waals surface area contributed by atoms with Crippen LogP contribution < -0.4 is 14.8 Å². The summed E-state index contributed by atoms with van der Waals surface area (Å²) in [7, 11) is 0. The first-order valence-electron chi connectivity index (χ1n) is 9.35. The fraction of sp³-hybridized carbons (Fsp3) is 0.381. The van der Waals surface area contributed by atoms with Gasteiger partial charge in [0.2, 0.25) is 0 Å². The van der Waals surface area contributed by atoms with Crippen molar-refractivity contribution < 1.29 is 24.2 Å². The number of anilines is 1. The lowest BCUT2D eigenvalue weighted by Crippen LogP contribution is -2.09. The fourth-order valence-corrected chi connectivity index (χ4v) is 3.18. The van der Waals surface area contributed by atoms with E-state index in [1.165, 1.54) is 6.92 Å². The second kappa shape index (κ2) is 9.21. The molecule has 1 aromatic carbocycles. The minimum absolute atomic E-state index is 0.0937. The molecule has 0 aliphatic heterocycles. The Morgan fingerprint density at radius 2 is 2.14 bits per heavy atom. The van der Waals surface area contributed by atoms with Crippen molar-refractivity contribution in [3.05, 3.63) is 48.2 Å². The summed E-state index contributed by atoms with van der Waals surface area (Å²) in [5.41, 5.74) is 0.866. The van der Waals surface area contributed by atoms with Crippen molar-refractivity contribution in [2.45, 2.75) is 32.1 Å². The van der Waals surface area contributed by atoms with Gasteiger partial charge in [-0.1, -0.05) is 12.1 Å². The first-order chi connectivity index (χ1) is 13.5. The summed E-state index contributed by atoms with van der Waals surface area (Å²) in [6.07, 6.45) is 3.44. The van der Waals surface area contributed by atoms with Gasteiger partial charge in [0, 0.05) is 32.2 Å². The first-order valence-corrected chi connectivity index (χ1v) is 9.35. The number of carbonyl (C=O) groups is 2. The zero-order valence-corrected chi connectivity index (χ0v) is 15.8. The van der Waals surface area contributed by atoms with Gasteiger partial charge < -0.3 is 19.9 Å². The molecule has 0 bridgehead atoms. The van der Waals surface area contributed by atoms with Gasteiger partial charge in [-0.3, -0.25) is 9.59 Å². The number of aliphatic carboxylic acids is 1. The highest BCUT2D eigenvalue weighted by Crippen LogP contribution is 2.52. The Kier molecular flexibility index (Phi) is 6.47. The molecule has 2 aromatic rings. The standard InChI is InChI=1S/C21H24N2O5/c1-14(24)28-19-13-16(6-7-17(19)18-11-15(18)12-21(25)26)27-10-4-9-23-20-5-2-3-8-22-20/h2-3,5-8,13,15,18H,4,9-12H2,1H3,(H,22,23)(H,25,26). The van der Waals surface area contributed by atoms with Gasteiger partial charge in [0.25, 0.3) is 0 Å². The minimum atomic E-state index is -0.805. The lowest BCUT2D eigenvalue weighted by Gasteiger charge is -2.12. The number of aromatic nitrogens is 1. The Balaban J connectivity index is 1.53. The van der Waals surface area contributed by atoms with Crippen LogP contribution in [0, 0.1) is 5.92 Å². The molecule has 0 saturated heterocycles. The Labute approximate surface area is 163 Å². The largest absolute Gasteiger partial charge is 0.493 e. The monoisotopic (exact) mass is 384 g/mol. The lowest BCUT2D eigenvalue weighted by molar-refractivity contribution is -0.137. The van der Waals surface area contributed by atoms with E-state index in [1.54, 1.807) is 12.3 Å². The van der Waals surface area contributed by atoms with Crippen LogP contribution >= 0.6 is 0 Å². The summed E-state index contributed by atoms with van der Waals surface area (Å²) in [5, 5.41) is 12.2. The SMILES string of the molecule is CC(=O)Oc1cc(OCCCNc2ccccn2)ccc1C1CC1CC(=O)O. The number of carboxylic acid groups (broad SMARTS) is 1. The Morgan fingerprint density at radius 1 is 1.29 bits per heavy atom. The summed E-state index contributed by atoms with van der Waals surface area (Å²) in [5.74, 6) is 0.889. The van der Waals surface area contributed by atoms with Crippen LogP contribution in [0.15, 0.2) is 42.6 Å². The van der Waals surface area contributed by atoms with Crippen molar-refractivity contribution in [1.82, 2.24) is 4.98 Å². The number of ether oxygens (including phenoxy) is 2. The van der Waals surface area contributed by atoms with Crippen molar-refractivity contribution in [1.29, 1.82) is 0 Å².